The normalized spacial score (nSPS) is 11.6. The Balaban J connectivity index is 2.10. The van der Waals surface area contributed by atoms with Crippen LogP contribution in [-0.4, -0.2) is 34.6 Å². The number of sulfonamides is 1. The average Bonchev–Trinajstić information content (AvgIpc) is 2.46. The third-order valence-corrected chi connectivity index (χ3v) is 3.74. The van der Waals surface area contributed by atoms with Crippen molar-refractivity contribution in [3.63, 3.8) is 0 Å². The molecule has 0 radical (unpaired) electrons. The zero-order valence-electron chi connectivity index (χ0n) is 11.7. The second-order valence-corrected chi connectivity index (χ2v) is 6.24. The molecule has 0 aliphatic heterocycles. The molecule has 0 atom stereocenters. The van der Waals surface area contributed by atoms with Crippen molar-refractivity contribution in [2.45, 2.75) is 31.5 Å². The van der Waals surface area contributed by atoms with Gasteiger partial charge in [-0.3, -0.25) is 0 Å². The molecule has 2 rings (SSSR count). The molecule has 0 bridgehead atoms. The maximum Gasteiger partial charge on any atom is 0.281 e. The summed E-state index contributed by atoms with van der Waals surface area (Å²) in [4.78, 5) is 7.71. The van der Waals surface area contributed by atoms with E-state index in [1.54, 1.807) is 6.07 Å². The molecular weight excluding hydrogens is 292 g/mol. The zero-order valence-corrected chi connectivity index (χ0v) is 12.5. The van der Waals surface area contributed by atoms with Crippen molar-refractivity contribution in [1.82, 2.24) is 25.5 Å². The lowest BCUT2D eigenvalue weighted by Crippen LogP contribution is -2.22. The van der Waals surface area contributed by atoms with Crippen molar-refractivity contribution < 1.29 is 8.42 Å². The third-order valence-electron chi connectivity index (χ3n) is 2.50. The molecule has 112 valence electrons. The summed E-state index contributed by atoms with van der Waals surface area (Å²) < 4.78 is 26.4. The number of aromatic nitrogens is 4. The van der Waals surface area contributed by atoms with Gasteiger partial charge in [-0.1, -0.05) is 19.9 Å². The monoisotopic (exact) mass is 308 g/mol. The number of anilines is 1. The van der Waals surface area contributed by atoms with Crippen LogP contribution in [0, 0.1) is 0 Å². The Hall–Kier alpha value is -2.13. The smallest absolute Gasteiger partial charge is 0.281 e. The first kappa shape index (κ1) is 15.3. The van der Waals surface area contributed by atoms with Crippen molar-refractivity contribution >= 4 is 16.0 Å². The molecule has 0 fully saturated rings. The molecule has 2 heterocycles. The Morgan fingerprint density at radius 3 is 2.57 bits per heavy atom. The van der Waals surface area contributed by atoms with Gasteiger partial charge in [-0.05, 0) is 11.6 Å². The Kier molecular flexibility index (Phi) is 4.76. The predicted octanol–water partition coefficient (Wildman–Crippen LogP) is 0.565. The van der Waals surface area contributed by atoms with Crippen LogP contribution in [0.1, 0.15) is 19.4 Å². The van der Waals surface area contributed by atoms with Crippen LogP contribution in [0.5, 0.6) is 0 Å². The highest BCUT2D eigenvalue weighted by molar-refractivity contribution is 7.92. The van der Waals surface area contributed by atoms with Crippen LogP contribution in [0.4, 0.5) is 5.95 Å². The van der Waals surface area contributed by atoms with Gasteiger partial charge >= 0.3 is 0 Å². The van der Waals surface area contributed by atoms with E-state index >= 15 is 0 Å². The van der Waals surface area contributed by atoms with Gasteiger partial charge in [0.05, 0.1) is 12.4 Å². The van der Waals surface area contributed by atoms with E-state index in [1.165, 1.54) is 24.7 Å². The summed E-state index contributed by atoms with van der Waals surface area (Å²) in [7, 11) is -3.81. The van der Waals surface area contributed by atoms with Crippen LogP contribution in [0.2, 0.25) is 0 Å². The van der Waals surface area contributed by atoms with Gasteiger partial charge in [0.15, 0.2) is 5.03 Å². The summed E-state index contributed by atoms with van der Waals surface area (Å²) >= 11 is 0. The number of nitrogens with zero attached hydrogens (tertiary/aromatic N) is 4. The first-order chi connectivity index (χ1) is 9.97. The fourth-order valence-corrected chi connectivity index (χ4v) is 2.34. The molecule has 0 aliphatic rings. The first-order valence-corrected chi connectivity index (χ1v) is 7.80. The van der Waals surface area contributed by atoms with Crippen molar-refractivity contribution in [2.24, 2.45) is 0 Å². The quantitative estimate of drug-likeness (QED) is 0.802. The topological polar surface area (TPSA) is 110 Å². The van der Waals surface area contributed by atoms with Crippen LogP contribution < -0.4 is 10.0 Å². The fraction of sp³-hybridized carbons (Fsp3) is 0.333. The number of hydrogen-bond donors (Lipinski definition) is 2. The molecule has 0 saturated heterocycles. The van der Waals surface area contributed by atoms with Crippen molar-refractivity contribution in [1.29, 1.82) is 0 Å². The van der Waals surface area contributed by atoms with Crippen LogP contribution in [0.3, 0.4) is 0 Å². The van der Waals surface area contributed by atoms with Gasteiger partial charge in [0, 0.05) is 18.8 Å². The zero-order chi connectivity index (χ0) is 15.3. The van der Waals surface area contributed by atoms with Gasteiger partial charge in [0.1, 0.15) is 0 Å². The highest BCUT2D eigenvalue weighted by Crippen LogP contribution is 2.10. The van der Waals surface area contributed by atoms with Crippen molar-refractivity contribution in [3.8, 4) is 0 Å². The summed E-state index contributed by atoms with van der Waals surface area (Å²) in [6.07, 6.45) is 4.22. The molecule has 0 aromatic carbocycles. The highest BCUT2D eigenvalue weighted by Gasteiger charge is 2.17. The van der Waals surface area contributed by atoms with Crippen LogP contribution >= 0.6 is 0 Å². The van der Waals surface area contributed by atoms with E-state index in [-0.39, 0.29) is 11.0 Å². The summed E-state index contributed by atoms with van der Waals surface area (Å²) in [6, 6.07) is 3.50. The highest BCUT2D eigenvalue weighted by atomic mass is 32.2. The lowest BCUT2D eigenvalue weighted by atomic mass is 10.2. The first-order valence-electron chi connectivity index (χ1n) is 6.32. The summed E-state index contributed by atoms with van der Waals surface area (Å²) in [5.41, 5.74) is 0.903. The van der Waals surface area contributed by atoms with Gasteiger partial charge in [0.2, 0.25) is 0 Å². The average molecular weight is 308 g/mol. The standard InChI is InChI=1S/C12H16N6O2S/c1-9(2)14-7-10-3-4-11(15-8-10)21(19,20)18-12-13-5-6-16-17-12/h3-6,8-9,14H,7H2,1-2H3,(H,13,17,18). The number of nitrogens with one attached hydrogen (secondary N) is 2. The molecule has 21 heavy (non-hydrogen) atoms. The number of pyridine rings is 1. The number of rotatable bonds is 6. The lowest BCUT2D eigenvalue weighted by molar-refractivity contribution is 0.585. The molecule has 0 spiro atoms. The molecule has 9 heteroatoms. The maximum absolute atomic E-state index is 12.1. The van der Waals surface area contributed by atoms with Gasteiger partial charge in [-0.25, -0.2) is 14.7 Å². The van der Waals surface area contributed by atoms with Crippen LogP contribution in [0.25, 0.3) is 0 Å². The molecule has 2 aromatic heterocycles. The minimum atomic E-state index is -3.81. The minimum absolute atomic E-state index is 0.0927. The van der Waals surface area contributed by atoms with Gasteiger partial charge in [-0.2, -0.15) is 13.5 Å². The minimum Gasteiger partial charge on any atom is -0.310 e. The summed E-state index contributed by atoms with van der Waals surface area (Å²) in [6.45, 7) is 4.69. The van der Waals surface area contributed by atoms with E-state index in [4.69, 9.17) is 0 Å². The van der Waals surface area contributed by atoms with Gasteiger partial charge < -0.3 is 5.32 Å². The molecule has 2 aromatic rings. The van der Waals surface area contributed by atoms with Crippen LogP contribution in [0.15, 0.2) is 35.7 Å². The molecule has 0 amide bonds. The van der Waals surface area contributed by atoms with Crippen molar-refractivity contribution in [3.05, 3.63) is 36.3 Å². The maximum atomic E-state index is 12.1. The molecule has 8 nitrogen and oxygen atoms in total. The summed E-state index contributed by atoms with van der Waals surface area (Å²) in [5.74, 6) is -0.0927. The van der Waals surface area contributed by atoms with E-state index in [2.05, 4.69) is 30.2 Å². The predicted molar refractivity (Wildman–Crippen MR) is 76.8 cm³/mol. The van der Waals surface area contributed by atoms with Gasteiger partial charge in [-0.15, -0.1) is 5.10 Å². The molecule has 0 saturated carbocycles. The van der Waals surface area contributed by atoms with Crippen molar-refractivity contribution in [2.75, 3.05) is 4.72 Å². The molecule has 2 N–H and O–H groups in total. The Labute approximate surface area is 123 Å². The van der Waals surface area contributed by atoms with E-state index in [1.807, 2.05) is 13.8 Å². The van der Waals surface area contributed by atoms with E-state index in [0.717, 1.165) is 5.56 Å². The molecule has 0 unspecified atom stereocenters. The van der Waals surface area contributed by atoms with E-state index in [9.17, 15) is 8.42 Å². The molecule has 0 aliphatic carbocycles. The fourth-order valence-electron chi connectivity index (χ4n) is 1.46. The summed E-state index contributed by atoms with van der Waals surface area (Å²) in [5, 5.41) is 10.2. The molecular formula is C12H16N6O2S. The van der Waals surface area contributed by atoms with E-state index in [0.29, 0.717) is 12.6 Å². The second kappa shape index (κ2) is 6.55. The second-order valence-electron chi connectivity index (χ2n) is 4.61. The lowest BCUT2D eigenvalue weighted by Gasteiger charge is -2.09. The Bertz CT molecular complexity index is 673. The number of hydrogen-bond acceptors (Lipinski definition) is 7. The Morgan fingerprint density at radius 1 is 1.19 bits per heavy atom. The Morgan fingerprint density at radius 2 is 2.00 bits per heavy atom. The van der Waals surface area contributed by atoms with Crippen LogP contribution in [-0.2, 0) is 16.6 Å². The van der Waals surface area contributed by atoms with E-state index < -0.39 is 10.0 Å². The third kappa shape index (κ3) is 4.43. The largest absolute Gasteiger partial charge is 0.310 e. The van der Waals surface area contributed by atoms with Gasteiger partial charge in [0.25, 0.3) is 16.0 Å². The SMILES string of the molecule is CC(C)NCc1ccc(S(=O)(=O)Nc2nccnn2)nc1.